The SMILES string of the molecule is O=C(O)c1ccc(C2CC2)c2nc(C34CCC(OCc5c(C(C6CC6)C6CC6)noc5C5CC5)(CC3)CC4)ccc12. The van der Waals surface area contributed by atoms with E-state index in [1.165, 1.54) is 68.2 Å². The first-order valence-corrected chi connectivity index (χ1v) is 16.3. The van der Waals surface area contributed by atoms with Gasteiger partial charge in [0.25, 0.3) is 0 Å². The van der Waals surface area contributed by atoms with Crippen LogP contribution in [-0.4, -0.2) is 26.8 Å². The van der Waals surface area contributed by atoms with Gasteiger partial charge in [0.1, 0.15) is 5.76 Å². The number of benzene rings is 1. The van der Waals surface area contributed by atoms with Gasteiger partial charge < -0.3 is 14.4 Å². The summed E-state index contributed by atoms with van der Waals surface area (Å²) in [6.07, 6.45) is 16.6. The van der Waals surface area contributed by atoms with Crippen molar-refractivity contribution in [2.24, 2.45) is 11.8 Å². The quantitative estimate of drug-likeness (QED) is 0.273. The van der Waals surface area contributed by atoms with E-state index in [0.29, 0.717) is 29.9 Å². The minimum atomic E-state index is -0.872. The molecule has 0 atom stereocenters. The lowest BCUT2D eigenvalue weighted by atomic mass is 9.57. The van der Waals surface area contributed by atoms with Crippen molar-refractivity contribution in [1.82, 2.24) is 10.1 Å². The number of hydrogen-bond acceptors (Lipinski definition) is 5. The molecule has 0 unspecified atom stereocenters. The number of pyridine rings is 1. The van der Waals surface area contributed by atoms with Crippen LogP contribution in [0.15, 0.2) is 28.8 Å². The van der Waals surface area contributed by atoms with Gasteiger partial charge in [-0.2, -0.15) is 0 Å². The molecule has 0 spiro atoms. The van der Waals surface area contributed by atoms with Gasteiger partial charge in [-0.3, -0.25) is 4.98 Å². The van der Waals surface area contributed by atoms with Gasteiger partial charge in [0.05, 0.1) is 29.0 Å². The third-order valence-electron chi connectivity index (χ3n) is 11.8. The average Bonchev–Trinajstić information content (AvgIpc) is 3.82. The van der Waals surface area contributed by atoms with Crippen molar-refractivity contribution in [3.05, 3.63) is 58.1 Å². The van der Waals surface area contributed by atoms with Crippen LogP contribution < -0.4 is 0 Å². The molecule has 7 saturated carbocycles. The maximum Gasteiger partial charge on any atom is 0.336 e. The van der Waals surface area contributed by atoms with E-state index in [1.54, 1.807) is 6.07 Å². The number of nitrogens with zero attached hydrogens (tertiary/aromatic N) is 2. The Hall–Kier alpha value is -2.73. The molecule has 0 aliphatic heterocycles. The van der Waals surface area contributed by atoms with Crippen LogP contribution in [0.1, 0.15) is 146 Å². The van der Waals surface area contributed by atoms with E-state index in [4.69, 9.17) is 19.4 Å². The van der Waals surface area contributed by atoms with Crippen molar-refractivity contribution >= 4 is 16.9 Å². The third kappa shape index (κ3) is 4.18. The van der Waals surface area contributed by atoms with E-state index in [1.807, 2.05) is 12.1 Å². The molecule has 3 aromatic rings. The molecule has 0 saturated heterocycles. The summed E-state index contributed by atoms with van der Waals surface area (Å²) in [6, 6.07) is 7.96. The molecule has 10 rings (SSSR count). The minimum absolute atomic E-state index is 0.0573. The largest absolute Gasteiger partial charge is 0.478 e. The Morgan fingerprint density at radius 2 is 1.59 bits per heavy atom. The van der Waals surface area contributed by atoms with Crippen molar-refractivity contribution in [1.29, 1.82) is 0 Å². The number of hydrogen-bond donors (Lipinski definition) is 1. The lowest BCUT2D eigenvalue weighted by Crippen LogP contribution is -2.50. The smallest absolute Gasteiger partial charge is 0.336 e. The molecule has 1 aromatic carbocycles. The van der Waals surface area contributed by atoms with Crippen LogP contribution in [0, 0.1) is 11.8 Å². The van der Waals surface area contributed by atoms with E-state index in [2.05, 4.69) is 6.07 Å². The van der Waals surface area contributed by atoms with E-state index in [-0.39, 0.29) is 11.0 Å². The number of carboxylic acids is 1. The highest BCUT2D eigenvalue weighted by atomic mass is 16.5. The molecule has 7 fully saturated rings. The Kier molecular flexibility index (Phi) is 5.38. The summed E-state index contributed by atoms with van der Waals surface area (Å²) < 4.78 is 13.0. The van der Waals surface area contributed by atoms with Crippen molar-refractivity contribution in [2.45, 2.75) is 125 Å². The van der Waals surface area contributed by atoms with Gasteiger partial charge in [0.2, 0.25) is 0 Å². The van der Waals surface area contributed by atoms with Crippen LogP contribution in [0.5, 0.6) is 0 Å². The molecular weight excluding hydrogens is 512 g/mol. The summed E-state index contributed by atoms with van der Waals surface area (Å²) in [5.74, 6) is 3.55. The Labute approximate surface area is 241 Å². The fourth-order valence-corrected chi connectivity index (χ4v) is 8.57. The molecule has 6 heteroatoms. The van der Waals surface area contributed by atoms with E-state index in [0.717, 1.165) is 72.7 Å². The van der Waals surface area contributed by atoms with Gasteiger partial charge in [-0.1, -0.05) is 17.3 Å². The Bertz CT molecular complexity index is 1500. The van der Waals surface area contributed by atoms with Crippen molar-refractivity contribution < 1.29 is 19.2 Å². The van der Waals surface area contributed by atoms with Crippen LogP contribution in [-0.2, 0) is 16.8 Å². The highest BCUT2D eigenvalue weighted by Gasteiger charge is 2.52. The summed E-state index contributed by atoms with van der Waals surface area (Å²) in [7, 11) is 0. The maximum absolute atomic E-state index is 11.9. The summed E-state index contributed by atoms with van der Waals surface area (Å²) in [5, 5.41) is 15.3. The summed E-state index contributed by atoms with van der Waals surface area (Å²) in [6.45, 7) is 0.657. The molecule has 7 aliphatic rings. The normalized spacial score (nSPS) is 29.5. The zero-order valence-electron chi connectivity index (χ0n) is 23.9. The highest BCUT2D eigenvalue weighted by molar-refractivity contribution is 6.03. The number of ether oxygens (including phenoxy) is 1. The first kappa shape index (κ1) is 24.8. The van der Waals surface area contributed by atoms with Gasteiger partial charge in [-0.05, 0) is 125 Å². The molecule has 41 heavy (non-hydrogen) atoms. The Morgan fingerprint density at radius 3 is 2.20 bits per heavy atom. The second-order valence-corrected chi connectivity index (χ2v) is 14.5. The van der Waals surface area contributed by atoms with Crippen molar-refractivity contribution in [3.63, 3.8) is 0 Å². The highest BCUT2D eigenvalue weighted by Crippen LogP contribution is 2.58. The molecule has 2 heterocycles. The van der Waals surface area contributed by atoms with Crippen LogP contribution in [0.25, 0.3) is 10.9 Å². The zero-order valence-corrected chi connectivity index (χ0v) is 23.9. The second-order valence-electron chi connectivity index (χ2n) is 14.5. The van der Waals surface area contributed by atoms with Crippen LogP contribution in [0.2, 0.25) is 0 Å². The van der Waals surface area contributed by atoms with Crippen LogP contribution in [0.4, 0.5) is 0 Å². The molecule has 7 aliphatic carbocycles. The number of fused-ring (bicyclic) bond motifs is 4. The van der Waals surface area contributed by atoms with E-state index in [9.17, 15) is 9.90 Å². The molecule has 0 amide bonds. The standard InChI is InChI=1S/C35H40N2O4/c38-33(39)26-10-9-24(20-1-2-20)30-25(26)11-12-28(36-30)34-13-16-35(17-14-34,18-15-34)40-19-27-31(37-41-32(27)23-7-8-23)29(21-3-4-21)22-5-6-22/h9-12,20-23,29H,1-8,13-19H2,(H,38,39). The van der Waals surface area contributed by atoms with Crippen molar-refractivity contribution in [2.75, 3.05) is 0 Å². The number of rotatable bonds is 10. The van der Waals surface area contributed by atoms with Gasteiger partial charge in [-0.15, -0.1) is 0 Å². The lowest BCUT2D eigenvalue weighted by molar-refractivity contribution is -0.127. The lowest BCUT2D eigenvalue weighted by Gasteiger charge is -2.53. The van der Waals surface area contributed by atoms with Crippen LogP contribution in [0.3, 0.4) is 0 Å². The van der Waals surface area contributed by atoms with Gasteiger partial charge in [0.15, 0.2) is 0 Å². The number of carboxylic acid groups (broad SMARTS) is 1. The summed E-state index contributed by atoms with van der Waals surface area (Å²) >= 11 is 0. The zero-order chi connectivity index (χ0) is 27.3. The predicted molar refractivity (Wildman–Crippen MR) is 154 cm³/mol. The van der Waals surface area contributed by atoms with E-state index >= 15 is 0 Å². The Balaban J connectivity index is 0.966. The average molecular weight is 553 g/mol. The van der Waals surface area contributed by atoms with Gasteiger partial charge >= 0.3 is 5.97 Å². The number of aromatic nitrogens is 2. The number of aromatic carboxylic acids is 1. The molecular formula is C35H40N2O4. The molecule has 2 aromatic heterocycles. The molecule has 2 bridgehead atoms. The maximum atomic E-state index is 11.9. The summed E-state index contributed by atoms with van der Waals surface area (Å²) in [5.41, 5.74) is 6.27. The number of carbonyl (C=O) groups is 1. The van der Waals surface area contributed by atoms with Gasteiger partial charge in [0, 0.05) is 33.9 Å². The molecule has 1 N–H and O–H groups in total. The Morgan fingerprint density at radius 1 is 0.902 bits per heavy atom. The fourth-order valence-electron chi connectivity index (χ4n) is 8.57. The molecule has 6 nitrogen and oxygen atoms in total. The molecule has 214 valence electrons. The van der Waals surface area contributed by atoms with E-state index < -0.39 is 5.97 Å². The predicted octanol–water partition coefficient (Wildman–Crippen LogP) is 8.14. The minimum Gasteiger partial charge on any atom is -0.478 e. The molecule has 0 radical (unpaired) electrons. The van der Waals surface area contributed by atoms with Crippen molar-refractivity contribution in [3.8, 4) is 0 Å². The summed E-state index contributed by atoms with van der Waals surface area (Å²) in [4.78, 5) is 17.2. The first-order valence-electron chi connectivity index (χ1n) is 16.3. The van der Waals surface area contributed by atoms with Gasteiger partial charge in [-0.25, -0.2) is 4.79 Å². The monoisotopic (exact) mass is 552 g/mol. The third-order valence-corrected chi connectivity index (χ3v) is 11.8. The second kappa shape index (κ2) is 8.89. The topological polar surface area (TPSA) is 85.5 Å². The fraction of sp³-hybridized carbons (Fsp3) is 0.629. The first-order chi connectivity index (χ1) is 20.0. The van der Waals surface area contributed by atoms with Crippen LogP contribution >= 0.6 is 0 Å².